The molecule has 0 saturated heterocycles. The van der Waals surface area contributed by atoms with Crippen molar-refractivity contribution in [2.45, 2.75) is 60.0 Å². The van der Waals surface area contributed by atoms with Gasteiger partial charge < -0.3 is 10.6 Å². The minimum absolute atomic E-state index is 0.00134. The first-order chi connectivity index (χ1) is 9.99. The van der Waals surface area contributed by atoms with Gasteiger partial charge in [-0.3, -0.25) is 9.59 Å². The molecule has 0 heterocycles. The molecule has 0 aliphatic carbocycles. The zero-order valence-electron chi connectivity index (χ0n) is 14.5. The number of benzene rings is 1. The quantitative estimate of drug-likeness (QED) is 0.898. The van der Waals surface area contributed by atoms with Gasteiger partial charge in [0.05, 0.1) is 6.42 Å². The lowest BCUT2D eigenvalue weighted by molar-refractivity contribution is -0.128. The average Bonchev–Trinajstić information content (AvgIpc) is 2.33. The molecule has 4 nitrogen and oxygen atoms in total. The van der Waals surface area contributed by atoms with Crippen LogP contribution in [0.5, 0.6) is 0 Å². The summed E-state index contributed by atoms with van der Waals surface area (Å²) in [4.78, 5) is 24.0. The monoisotopic (exact) mass is 304 g/mol. The van der Waals surface area contributed by atoms with E-state index in [1.165, 1.54) is 0 Å². The van der Waals surface area contributed by atoms with Crippen LogP contribution in [-0.2, 0) is 22.6 Å². The molecule has 122 valence electrons. The van der Waals surface area contributed by atoms with Gasteiger partial charge in [-0.05, 0) is 31.9 Å². The second-order valence-electron chi connectivity index (χ2n) is 7.68. The van der Waals surface area contributed by atoms with E-state index in [2.05, 4.69) is 10.6 Å². The van der Waals surface area contributed by atoms with Gasteiger partial charge in [0.25, 0.3) is 0 Å². The van der Waals surface area contributed by atoms with Crippen LogP contribution in [0.25, 0.3) is 0 Å². The van der Waals surface area contributed by atoms with Crippen molar-refractivity contribution in [3.8, 4) is 0 Å². The fourth-order valence-electron chi connectivity index (χ4n) is 1.98. The normalized spacial score (nSPS) is 11.9. The molecular weight excluding hydrogens is 276 g/mol. The maximum absolute atomic E-state index is 12.1. The first-order valence-electron chi connectivity index (χ1n) is 7.65. The number of nitrogens with one attached hydrogen (secondary N) is 2. The molecule has 2 amide bonds. The van der Waals surface area contributed by atoms with Gasteiger partial charge in [0.15, 0.2) is 0 Å². The van der Waals surface area contributed by atoms with E-state index in [9.17, 15) is 9.59 Å². The van der Waals surface area contributed by atoms with Crippen molar-refractivity contribution in [1.82, 2.24) is 10.6 Å². The molecule has 0 aliphatic rings. The van der Waals surface area contributed by atoms with E-state index in [4.69, 9.17) is 0 Å². The van der Waals surface area contributed by atoms with Gasteiger partial charge in [0, 0.05) is 17.5 Å². The maximum atomic E-state index is 12.1. The predicted molar refractivity (Wildman–Crippen MR) is 89.3 cm³/mol. The third kappa shape index (κ3) is 6.29. The average molecular weight is 304 g/mol. The van der Waals surface area contributed by atoms with Gasteiger partial charge in [-0.25, -0.2) is 0 Å². The van der Waals surface area contributed by atoms with Crippen LogP contribution >= 0.6 is 0 Å². The van der Waals surface area contributed by atoms with Crippen LogP contribution < -0.4 is 10.6 Å². The molecule has 0 atom stereocenters. The van der Waals surface area contributed by atoms with Crippen LogP contribution in [0.1, 0.15) is 52.7 Å². The summed E-state index contributed by atoms with van der Waals surface area (Å²) in [7, 11) is 0. The Morgan fingerprint density at radius 2 is 1.50 bits per heavy atom. The first-order valence-corrected chi connectivity index (χ1v) is 7.65. The fraction of sp³-hybridized carbons (Fsp3) is 0.556. The molecule has 1 rings (SSSR count). The standard InChI is InChI=1S/C18H28N2O2/c1-17(2,3)16(22)19-12-14-10-8-7-9-13(14)11-15(21)20-18(4,5)6/h7-10H,11-12H2,1-6H3,(H,19,22)(H,20,21). The third-order valence-electron chi connectivity index (χ3n) is 3.10. The minimum atomic E-state index is -0.418. The number of carbonyl (C=O) groups excluding carboxylic acids is 2. The van der Waals surface area contributed by atoms with Gasteiger partial charge in [-0.1, -0.05) is 45.0 Å². The summed E-state index contributed by atoms with van der Waals surface area (Å²) in [5.41, 5.74) is 1.26. The van der Waals surface area contributed by atoms with Crippen molar-refractivity contribution in [2.24, 2.45) is 5.41 Å². The number of hydrogen-bond acceptors (Lipinski definition) is 2. The Labute approximate surface area is 133 Å². The topological polar surface area (TPSA) is 58.2 Å². The SMILES string of the molecule is CC(C)(C)NC(=O)Cc1ccccc1CNC(=O)C(C)(C)C. The predicted octanol–water partition coefficient (Wildman–Crippen LogP) is 2.81. The van der Waals surface area contributed by atoms with Crippen LogP contribution in [0.3, 0.4) is 0 Å². The largest absolute Gasteiger partial charge is 0.352 e. The van der Waals surface area contributed by atoms with Crippen LogP contribution in [-0.4, -0.2) is 17.4 Å². The summed E-state index contributed by atoms with van der Waals surface area (Å²) in [5.74, 6) is -0.0106. The van der Waals surface area contributed by atoms with Gasteiger partial charge >= 0.3 is 0 Å². The highest BCUT2D eigenvalue weighted by atomic mass is 16.2. The number of rotatable bonds is 4. The van der Waals surface area contributed by atoms with Crippen molar-refractivity contribution in [1.29, 1.82) is 0 Å². The Morgan fingerprint density at radius 3 is 2.00 bits per heavy atom. The smallest absolute Gasteiger partial charge is 0.225 e. The Morgan fingerprint density at radius 1 is 0.955 bits per heavy atom. The number of amides is 2. The van der Waals surface area contributed by atoms with Crippen molar-refractivity contribution < 1.29 is 9.59 Å². The Kier molecular flexibility index (Phi) is 5.75. The van der Waals surface area contributed by atoms with E-state index in [1.807, 2.05) is 65.8 Å². The molecular formula is C18H28N2O2. The molecule has 4 heteroatoms. The second kappa shape index (κ2) is 6.95. The molecule has 0 fully saturated rings. The Hall–Kier alpha value is -1.84. The highest BCUT2D eigenvalue weighted by Gasteiger charge is 2.21. The van der Waals surface area contributed by atoms with Gasteiger partial charge in [0.2, 0.25) is 11.8 Å². The molecule has 1 aromatic carbocycles. The van der Waals surface area contributed by atoms with Gasteiger partial charge in [0.1, 0.15) is 0 Å². The molecule has 0 aromatic heterocycles. The zero-order chi connectivity index (χ0) is 17.0. The number of carbonyl (C=O) groups is 2. The van der Waals surface area contributed by atoms with Crippen molar-refractivity contribution in [2.75, 3.05) is 0 Å². The molecule has 0 radical (unpaired) electrons. The molecule has 0 unspecified atom stereocenters. The molecule has 0 spiro atoms. The highest BCUT2D eigenvalue weighted by molar-refractivity contribution is 5.81. The summed E-state index contributed by atoms with van der Waals surface area (Å²) >= 11 is 0. The zero-order valence-corrected chi connectivity index (χ0v) is 14.5. The highest BCUT2D eigenvalue weighted by Crippen LogP contribution is 2.15. The van der Waals surface area contributed by atoms with Crippen molar-refractivity contribution in [3.63, 3.8) is 0 Å². The lowest BCUT2D eigenvalue weighted by atomic mass is 9.95. The lowest BCUT2D eigenvalue weighted by Crippen LogP contribution is -2.41. The Balaban J connectivity index is 2.74. The first kappa shape index (κ1) is 18.2. The molecule has 0 saturated carbocycles. The van der Waals surface area contributed by atoms with Crippen molar-refractivity contribution in [3.05, 3.63) is 35.4 Å². The van der Waals surface area contributed by atoms with E-state index in [0.29, 0.717) is 13.0 Å². The third-order valence-corrected chi connectivity index (χ3v) is 3.10. The van der Waals surface area contributed by atoms with Crippen LogP contribution in [0, 0.1) is 5.41 Å². The van der Waals surface area contributed by atoms with E-state index in [-0.39, 0.29) is 17.4 Å². The van der Waals surface area contributed by atoms with E-state index < -0.39 is 5.41 Å². The van der Waals surface area contributed by atoms with E-state index in [1.54, 1.807) is 0 Å². The van der Waals surface area contributed by atoms with E-state index >= 15 is 0 Å². The van der Waals surface area contributed by atoms with Crippen LogP contribution in [0.4, 0.5) is 0 Å². The van der Waals surface area contributed by atoms with Gasteiger partial charge in [-0.15, -0.1) is 0 Å². The minimum Gasteiger partial charge on any atom is -0.352 e. The Bertz CT molecular complexity index is 537. The summed E-state index contributed by atoms with van der Waals surface area (Å²) in [6.45, 7) is 12.0. The summed E-state index contributed by atoms with van der Waals surface area (Å²) in [6.07, 6.45) is 0.318. The van der Waals surface area contributed by atoms with Crippen LogP contribution in [0.15, 0.2) is 24.3 Å². The maximum Gasteiger partial charge on any atom is 0.225 e. The summed E-state index contributed by atoms with van der Waals surface area (Å²) < 4.78 is 0. The van der Waals surface area contributed by atoms with Gasteiger partial charge in [-0.2, -0.15) is 0 Å². The molecule has 0 aliphatic heterocycles. The molecule has 22 heavy (non-hydrogen) atoms. The molecule has 1 aromatic rings. The second-order valence-corrected chi connectivity index (χ2v) is 7.68. The number of hydrogen-bond donors (Lipinski definition) is 2. The molecule has 2 N–H and O–H groups in total. The van der Waals surface area contributed by atoms with E-state index in [0.717, 1.165) is 11.1 Å². The summed E-state index contributed by atoms with van der Waals surface area (Å²) in [6, 6.07) is 7.71. The lowest BCUT2D eigenvalue weighted by Gasteiger charge is -2.21. The van der Waals surface area contributed by atoms with Crippen molar-refractivity contribution >= 4 is 11.8 Å². The summed E-state index contributed by atoms with van der Waals surface area (Å²) in [5, 5.41) is 5.89. The van der Waals surface area contributed by atoms with Crippen LogP contribution in [0.2, 0.25) is 0 Å². The molecule has 0 bridgehead atoms. The fourth-order valence-corrected chi connectivity index (χ4v) is 1.98.